The van der Waals surface area contributed by atoms with Gasteiger partial charge in [-0.15, -0.1) is 0 Å². The van der Waals surface area contributed by atoms with Crippen LogP contribution in [0.4, 0.5) is 0 Å². The molecule has 2 fully saturated rings. The van der Waals surface area contributed by atoms with Crippen LogP contribution < -0.4 is 31.9 Å². The van der Waals surface area contributed by atoms with E-state index in [0.717, 1.165) is 64.2 Å². The van der Waals surface area contributed by atoms with Gasteiger partial charge >= 0.3 is 11.9 Å². The largest absolute Gasteiger partial charge is 0.465 e. The monoisotopic (exact) mass is 630 g/mol. The van der Waals surface area contributed by atoms with Gasteiger partial charge in [0.05, 0.1) is 24.7 Å². The zero-order chi connectivity index (χ0) is 32.9. The van der Waals surface area contributed by atoms with Gasteiger partial charge in [0, 0.05) is 6.04 Å². The molecule has 1 saturated carbocycles. The summed E-state index contributed by atoms with van der Waals surface area (Å²) >= 11 is 0. The normalized spacial score (nSPS) is 25.2. The molecule has 1 heterocycles. The SMILES string of the molecule is C=CNC1NC(N/C=C/C=C(\C=C)C(=O)OCC(CC)CCCC)NC(NC2CCC(C(=O)OCC(CC)CCCC)CC2)N1. The van der Waals surface area contributed by atoms with Crippen LogP contribution in [0.5, 0.6) is 0 Å². The molecule has 1 saturated heterocycles. The lowest BCUT2D eigenvalue weighted by atomic mass is 9.86. The molecule has 256 valence electrons. The summed E-state index contributed by atoms with van der Waals surface area (Å²) in [4.78, 5) is 25.3. The fraction of sp³-hybridized carbons (Fsp3) is 0.714. The van der Waals surface area contributed by atoms with Crippen LogP contribution in [0.1, 0.15) is 105 Å². The number of allylic oxidation sites excluding steroid dienone is 2. The van der Waals surface area contributed by atoms with Crippen molar-refractivity contribution < 1.29 is 19.1 Å². The summed E-state index contributed by atoms with van der Waals surface area (Å²) in [6.07, 6.45) is 20.0. The second-order valence-electron chi connectivity index (χ2n) is 12.3. The summed E-state index contributed by atoms with van der Waals surface area (Å²) < 4.78 is 11.3. The lowest BCUT2D eigenvalue weighted by molar-refractivity contribution is -0.151. The molecule has 45 heavy (non-hydrogen) atoms. The maximum Gasteiger partial charge on any atom is 0.338 e. The Bertz CT molecular complexity index is 933. The lowest BCUT2D eigenvalue weighted by Gasteiger charge is -2.41. The van der Waals surface area contributed by atoms with Crippen molar-refractivity contribution in [1.82, 2.24) is 31.9 Å². The average Bonchev–Trinajstić information content (AvgIpc) is 3.05. The van der Waals surface area contributed by atoms with Gasteiger partial charge in [-0.05, 0) is 74.9 Å². The van der Waals surface area contributed by atoms with E-state index in [0.29, 0.717) is 30.6 Å². The molecule has 10 nitrogen and oxygen atoms in total. The minimum Gasteiger partial charge on any atom is -0.465 e. The number of carbonyl (C=O) groups is 2. The van der Waals surface area contributed by atoms with E-state index in [4.69, 9.17) is 9.47 Å². The Morgan fingerprint density at radius 1 is 0.822 bits per heavy atom. The molecule has 0 radical (unpaired) electrons. The molecule has 0 bridgehead atoms. The first-order valence-electron chi connectivity index (χ1n) is 17.4. The number of unbranched alkanes of at least 4 members (excludes halogenated alkanes) is 2. The highest BCUT2D eigenvalue weighted by molar-refractivity contribution is 5.91. The number of esters is 2. The van der Waals surface area contributed by atoms with Crippen LogP contribution in [0.2, 0.25) is 0 Å². The minimum atomic E-state index is -0.359. The molecule has 6 N–H and O–H groups in total. The first-order chi connectivity index (χ1) is 21.9. The quantitative estimate of drug-likeness (QED) is 0.0538. The van der Waals surface area contributed by atoms with Gasteiger partial charge in [0.25, 0.3) is 0 Å². The topological polar surface area (TPSA) is 125 Å². The summed E-state index contributed by atoms with van der Waals surface area (Å²) in [6.45, 7) is 17.2. The Balaban J connectivity index is 1.83. The fourth-order valence-corrected chi connectivity index (χ4v) is 5.70. The molecule has 2 aliphatic rings. The highest BCUT2D eigenvalue weighted by Gasteiger charge is 2.31. The average molecular weight is 631 g/mol. The summed E-state index contributed by atoms with van der Waals surface area (Å²) in [5.74, 6) is 0.440. The van der Waals surface area contributed by atoms with Crippen molar-refractivity contribution in [2.75, 3.05) is 13.2 Å². The van der Waals surface area contributed by atoms with Gasteiger partial charge in [-0.1, -0.05) is 85.5 Å². The Labute approximate surface area is 272 Å². The number of hydrogen-bond donors (Lipinski definition) is 6. The molecule has 1 aliphatic carbocycles. The molecule has 1 aliphatic heterocycles. The molecule has 5 atom stereocenters. The number of nitrogens with one attached hydrogen (secondary N) is 6. The molecule has 0 aromatic heterocycles. The van der Waals surface area contributed by atoms with Crippen LogP contribution in [-0.4, -0.2) is 50.1 Å². The van der Waals surface area contributed by atoms with Gasteiger partial charge < -0.3 is 20.1 Å². The Hall–Kier alpha value is -2.66. The highest BCUT2D eigenvalue weighted by Crippen LogP contribution is 2.26. The minimum absolute atomic E-state index is 0.0182. The van der Waals surface area contributed by atoms with Gasteiger partial charge in [0.2, 0.25) is 0 Å². The van der Waals surface area contributed by atoms with Crippen LogP contribution in [-0.2, 0) is 19.1 Å². The second-order valence-corrected chi connectivity index (χ2v) is 12.3. The first-order valence-corrected chi connectivity index (χ1v) is 17.4. The van der Waals surface area contributed by atoms with E-state index in [-0.39, 0.29) is 42.8 Å². The lowest BCUT2D eigenvalue weighted by Crippen LogP contribution is -2.77. The van der Waals surface area contributed by atoms with Gasteiger partial charge in [-0.3, -0.25) is 26.1 Å². The predicted octanol–water partition coefficient (Wildman–Crippen LogP) is 5.24. The molecular formula is C35H62N6O4. The van der Waals surface area contributed by atoms with E-state index >= 15 is 0 Å². The number of ether oxygens (including phenoxy) is 2. The van der Waals surface area contributed by atoms with Crippen LogP contribution in [0.3, 0.4) is 0 Å². The van der Waals surface area contributed by atoms with E-state index in [1.165, 1.54) is 18.9 Å². The third kappa shape index (κ3) is 15.0. The van der Waals surface area contributed by atoms with Crippen molar-refractivity contribution in [2.24, 2.45) is 17.8 Å². The zero-order valence-corrected chi connectivity index (χ0v) is 28.4. The standard InChI is InChI=1S/C35H62N6O4/c1-7-13-16-26(9-3)24-44-31(42)28(11-5)18-15-23-37-34-39-33(36-12-6)40-35(41-34)38-30-21-19-29(20-22-30)32(43)45-25-27(10-4)17-14-8-2/h11-12,15,18,23,26-27,29-30,33-41H,5-10,13-14,16-17,19-22,24-25H2,1-4H3/b23-15+,28-18+. The van der Waals surface area contributed by atoms with Crippen LogP contribution in [0.15, 0.2) is 49.4 Å². The van der Waals surface area contributed by atoms with E-state index in [9.17, 15) is 9.59 Å². The highest BCUT2D eigenvalue weighted by atomic mass is 16.5. The maximum atomic E-state index is 12.7. The fourth-order valence-electron chi connectivity index (χ4n) is 5.70. The summed E-state index contributed by atoms with van der Waals surface area (Å²) in [7, 11) is 0. The van der Waals surface area contributed by atoms with E-state index in [1.54, 1.807) is 24.6 Å². The van der Waals surface area contributed by atoms with E-state index < -0.39 is 0 Å². The Kier molecular flexibility index (Phi) is 19.5. The number of hydrogen-bond acceptors (Lipinski definition) is 10. The van der Waals surface area contributed by atoms with E-state index in [1.807, 2.05) is 0 Å². The summed E-state index contributed by atoms with van der Waals surface area (Å²) in [5.41, 5.74) is 0.413. The molecule has 0 amide bonds. The maximum absolute atomic E-state index is 12.7. The third-order valence-electron chi connectivity index (χ3n) is 8.84. The van der Waals surface area contributed by atoms with Gasteiger partial charge in [-0.25, -0.2) is 4.79 Å². The predicted molar refractivity (Wildman–Crippen MR) is 182 cm³/mol. The van der Waals surface area contributed by atoms with Gasteiger partial charge in [0.15, 0.2) is 0 Å². The van der Waals surface area contributed by atoms with Gasteiger partial charge in [-0.2, -0.15) is 0 Å². The van der Waals surface area contributed by atoms with Crippen molar-refractivity contribution in [3.8, 4) is 0 Å². The van der Waals surface area contributed by atoms with Crippen molar-refractivity contribution in [3.05, 3.63) is 49.4 Å². The third-order valence-corrected chi connectivity index (χ3v) is 8.84. The van der Waals surface area contributed by atoms with Crippen LogP contribution in [0.25, 0.3) is 0 Å². The van der Waals surface area contributed by atoms with Gasteiger partial charge in [0.1, 0.15) is 18.9 Å². The molecule has 2 rings (SSSR count). The van der Waals surface area contributed by atoms with Crippen LogP contribution in [0, 0.1) is 17.8 Å². The zero-order valence-electron chi connectivity index (χ0n) is 28.4. The van der Waals surface area contributed by atoms with Crippen molar-refractivity contribution in [1.29, 1.82) is 0 Å². The Morgan fingerprint density at radius 3 is 1.96 bits per heavy atom. The first kappa shape index (κ1) is 38.5. The Morgan fingerprint density at radius 2 is 1.40 bits per heavy atom. The van der Waals surface area contributed by atoms with Crippen molar-refractivity contribution >= 4 is 11.9 Å². The molecule has 0 aromatic rings. The number of rotatable bonds is 22. The van der Waals surface area contributed by atoms with Crippen molar-refractivity contribution in [2.45, 2.75) is 130 Å². The molecular weight excluding hydrogens is 568 g/mol. The molecule has 5 unspecified atom stereocenters. The molecule has 10 heteroatoms. The van der Waals surface area contributed by atoms with Crippen molar-refractivity contribution in [3.63, 3.8) is 0 Å². The summed E-state index contributed by atoms with van der Waals surface area (Å²) in [5, 5.41) is 20.4. The second kappa shape index (κ2) is 22.8. The summed E-state index contributed by atoms with van der Waals surface area (Å²) in [6, 6.07) is 0.268. The molecule has 0 aromatic carbocycles. The smallest absolute Gasteiger partial charge is 0.338 e. The molecule has 0 spiro atoms. The number of carbonyl (C=O) groups excluding carboxylic acids is 2. The van der Waals surface area contributed by atoms with Crippen LogP contribution >= 0.6 is 0 Å². The van der Waals surface area contributed by atoms with E-state index in [2.05, 4.69) is 72.8 Å².